The Hall–Kier alpha value is -1.95. The Bertz CT molecular complexity index is 754. The first-order chi connectivity index (χ1) is 13.6. The van der Waals surface area contributed by atoms with Crippen LogP contribution in [0, 0.1) is 5.92 Å². The standard InChI is InChI=1S/C22H31N3O2S/c1-4-10-25(20(26)15-17(2)3)16-19-21(18-8-6-5-7-9-18)23-27-22(19)24-11-13-28-14-12-24/h5-9,17H,4,10-16H2,1-3H3. The quantitative estimate of drug-likeness (QED) is 0.643. The van der Waals surface area contributed by atoms with Gasteiger partial charge in [-0.2, -0.15) is 11.8 Å². The second-order valence-electron chi connectivity index (χ2n) is 7.69. The normalized spacial score (nSPS) is 14.5. The Labute approximate surface area is 172 Å². The Morgan fingerprint density at radius 2 is 1.96 bits per heavy atom. The van der Waals surface area contributed by atoms with Gasteiger partial charge in [0.2, 0.25) is 11.8 Å². The molecule has 0 radical (unpaired) electrons. The fraction of sp³-hybridized carbons (Fsp3) is 0.545. The highest BCUT2D eigenvalue weighted by atomic mass is 32.2. The van der Waals surface area contributed by atoms with Crippen molar-refractivity contribution < 1.29 is 9.32 Å². The Morgan fingerprint density at radius 3 is 2.61 bits per heavy atom. The van der Waals surface area contributed by atoms with E-state index < -0.39 is 0 Å². The summed E-state index contributed by atoms with van der Waals surface area (Å²) in [6.45, 7) is 9.50. The van der Waals surface area contributed by atoms with Gasteiger partial charge >= 0.3 is 0 Å². The van der Waals surface area contributed by atoms with Crippen molar-refractivity contribution in [3.63, 3.8) is 0 Å². The number of rotatable bonds is 8. The molecule has 1 aliphatic heterocycles. The van der Waals surface area contributed by atoms with Crippen LogP contribution in [0.25, 0.3) is 11.3 Å². The van der Waals surface area contributed by atoms with Gasteiger partial charge in [-0.25, -0.2) is 0 Å². The molecule has 3 rings (SSSR count). The third kappa shape index (κ3) is 5.10. The summed E-state index contributed by atoms with van der Waals surface area (Å²) in [5, 5.41) is 4.43. The van der Waals surface area contributed by atoms with Crippen molar-refractivity contribution in [3.8, 4) is 11.3 Å². The highest BCUT2D eigenvalue weighted by Crippen LogP contribution is 2.33. The summed E-state index contributed by atoms with van der Waals surface area (Å²) in [6, 6.07) is 10.1. The molecule has 0 aliphatic carbocycles. The van der Waals surface area contributed by atoms with Crippen LogP contribution in [0.1, 0.15) is 39.2 Å². The minimum atomic E-state index is 0.206. The molecular formula is C22H31N3O2S. The van der Waals surface area contributed by atoms with Crippen LogP contribution in [-0.4, -0.2) is 47.1 Å². The highest BCUT2D eigenvalue weighted by Gasteiger charge is 2.27. The number of hydrogen-bond acceptors (Lipinski definition) is 5. The summed E-state index contributed by atoms with van der Waals surface area (Å²) in [6.07, 6.45) is 1.51. The fourth-order valence-corrected chi connectivity index (χ4v) is 4.42. The van der Waals surface area contributed by atoms with Crippen LogP contribution in [0.4, 0.5) is 5.88 Å². The van der Waals surface area contributed by atoms with Gasteiger partial charge in [-0.3, -0.25) is 4.79 Å². The van der Waals surface area contributed by atoms with E-state index in [-0.39, 0.29) is 5.91 Å². The van der Waals surface area contributed by atoms with Crippen LogP contribution in [0.15, 0.2) is 34.9 Å². The van der Waals surface area contributed by atoms with Crippen molar-refractivity contribution in [1.82, 2.24) is 10.1 Å². The monoisotopic (exact) mass is 401 g/mol. The third-order valence-corrected chi connectivity index (χ3v) is 5.83. The van der Waals surface area contributed by atoms with Crippen molar-refractivity contribution in [2.75, 3.05) is 36.0 Å². The molecule has 0 saturated carbocycles. The summed E-state index contributed by atoms with van der Waals surface area (Å²) in [7, 11) is 0. The molecule has 2 aromatic rings. The van der Waals surface area contributed by atoms with Gasteiger partial charge in [0, 0.05) is 43.1 Å². The molecule has 1 aromatic carbocycles. The molecule has 1 fully saturated rings. The van der Waals surface area contributed by atoms with E-state index in [4.69, 9.17) is 4.52 Å². The van der Waals surface area contributed by atoms with E-state index in [1.165, 1.54) is 0 Å². The molecule has 6 heteroatoms. The van der Waals surface area contributed by atoms with E-state index in [2.05, 4.69) is 43.0 Å². The molecular weight excluding hydrogens is 370 g/mol. The predicted molar refractivity (Wildman–Crippen MR) is 117 cm³/mol. The predicted octanol–water partition coefficient (Wildman–Crippen LogP) is 4.68. The maximum Gasteiger partial charge on any atom is 0.232 e. The second-order valence-corrected chi connectivity index (χ2v) is 8.92. The smallest absolute Gasteiger partial charge is 0.232 e. The number of anilines is 1. The van der Waals surface area contributed by atoms with E-state index in [1.807, 2.05) is 34.9 Å². The van der Waals surface area contributed by atoms with E-state index in [9.17, 15) is 4.79 Å². The first kappa shape index (κ1) is 20.8. The zero-order valence-corrected chi connectivity index (χ0v) is 18.0. The minimum absolute atomic E-state index is 0.206. The molecule has 152 valence electrons. The SMILES string of the molecule is CCCN(Cc1c(-c2ccccc2)noc1N1CCSCC1)C(=O)CC(C)C. The minimum Gasteiger partial charge on any atom is -0.339 e. The molecule has 0 atom stereocenters. The summed E-state index contributed by atoms with van der Waals surface area (Å²) in [5.41, 5.74) is 2.92. The average Bonchev–Trinajstić information content (AvgIpc) is 3.12. The van der Waals surface area contributed by atoms with Crippen LogP contribution in [0.2, 0.25) is 0 Å². The van der Waals surface area contributed by atoms with E-state index in [0.717, 1.165) is 60.3 Å². The summed E-state index contributed by atoms with van der Waals surface area (Å²) >= 11 is 1.97. The molecule has 28 heavy (non-hydrogen) atoms. The number of hydrogen-bond donors (Lipinski definition) is 0. The molecule has 0 N–H and O–H groups in total. The molecule has 0 bridgehead atoms. The largest absolute Gasteiger partial charge is 0.339 e. The van der Waals surface area contributed by atoms with Gasteiger partial charge in [0.25, 0.3) is 0 Å². The lowest BCUT2D eigenvalue weighted by atomic mass is 10.1. The van der Waals surface area contributed by atoms with Gasteiger partial charge in [-0.05, 0) is 12.3 Å². The molecule has 1 aliphatic rings. The van der Waals surface area contributed by atoms with E-state index >= 15 is 0 Å². The van der Waals surface area contributed by atoms with Gasteiger partial charge in [0.1, 0.15) is 5.69 Å². The second kappa shape index (κ2) is 10.0. The number of nitrogens with zero attached hydrogens (tertiary/aromatic N) is 3. The number of carbonyl (C=O) groups is 1. The molecule has 0 spiro atoms. The molecule has 1 amide bonds. The molecule has 0 unspecified atom stereocenters. The number of thioether (sulfide) groups is 1. The van der Waals surface area contributed by atoms with Crippen LogP contribution in [-0.2, 0) is 11.3 Å². The topological polar surface area (TPSA) is 49.6 Å². The number of amides is 1. The molecule has 1 saturated heterocycles. The zero-order chi connectivity index (χ0) is 19.9. The number of benzene rings is 1. The maximum atomic E-state index is 12.9. The van der Waals surface area contributed by atoms with Crippen molar-refractivity contribution in [3.05, 3.63) is 35.9 Å². The maximum absolute atomic E-state index is 12.9. The van der Waals surface area contributed by atoms with Gasteiger partial charge in [0.05, 0.1) is 12.1 Å². The zero-order valence-electron chi connectivity index (χ0n) is 17.2. The first-order valence-electron chi connectivity index (χ1n) is 10.2. The Kier molecular flexibility index (Phi) is 7.43. The first-order valence-corrected chi connectivity index (χ1v) is 11.4. The molecule has 1 aromatic heterocycles. The van der Waals surface area contributed by atoms with Crippen LogP contribution < -0.4 is 4.90 Å². The molecule has 2 heterocycles. The van der Waals surface area contributed by atoms with E-state index in [1.54, 1.807) is 0 Å². The van der Waals surface area contributed by atoms with Crippen molar-refractivity contribution in [1.29, 1.82) is 0 Å². The lowest BCUT2D eigenvalue weighted by molar-refractivity contribution is -0.132. The fourth-order valence-electron chi connectivity index (χ4n) is 3.51. The van der Waals surface area contributed by atoms with Gasteiger partial charge < -0.3 is 14.3 Å². The van der Waals surface area contributed by atoms with Crippen LogP contribution in [0.5, 0.6) is 0 Å². The average molecular weight is 402 g/mol. The van der Waals surface area contributed by atoms with Crippen molar-refractivity contribution in [2.24, 2.45) is 5.92 Å². The van der Waals surface area contributed by atoms with Gasteiger partial charge in [-0.1, -0.05) is 56.3 Å². The van der Waals surface area contributed by atoms with Crippen molar-refractivity contribution >= 4 is 23.6 Å². The third-order valence-electron chi connectivity index (χ3n) is 4.89. The summed E-state index contributed by atoms with van der Waals surface area (Å²) in [4.78, 5) is 17.1. The number of aromatic nitrogens is 1. The van der Waals surface area contributed by atoms with E-state index in [0.29, 0.717) is 18.9 Å². The van der Waals surface area contributed by atoms with Gasteiger partial charge in [-0.15, -0.1) is 0 Å². The Morgan fingerprint density at radius 1 is 1.25 bits per heavy atom. The van der Waals surface area contributed by atoms with Crippen LogP contribution in [0.3, 0.4) is 0 Å². The van der Waals surface area contributed by atoms with Crippen molar-refractivity contribution in [2.45, 2.75) is 40.2 Å². The van der Waals surface area contributed by atoms with Gasteiger partial charge in [0.15, 0.2) is 0 Å². The summed E-state index contributed by atoms with van der Waals surface area (Å²) in [5.74, 6) is 3.56. The molecule has 5 nitrogen and oxygen atoms in total. The lowest BCUT2D eigenvalue weighted by Gasteiger charge is -2.28. The highest BCUT2D eigenvalue weighted by molar-refractivity contribution is 7.99. The Balaban J connectivity index is 1.95. The summed E-state index contributed by atoms with van der Waals surface area (Å²) < 4.78 is 5.86. The lowest BCUT2D eigenvalue weighted by Crippen LogP contribution is -2.35. The number of carbonyl (C=O) groups excluding carboxylic acids is 1. The van der Waals surface area contributed by atoms with Crippen LogP contribution >= 0.6 is 11.8 Å².